The third-order valence-corrected chi connectivity index (χ3v) is 4.36. The summed E-state index contributed by atoms with van der Waals surface area (Å²) in [7, 11) is 2.50. The van der Waals surface area contributed by atoms with Crippen molar-refractivity contribution >= 4 is 44.5 Å². The van der Waals surface area contributed by atoms with E-state index in [4.69, 9.17) is 14.2 Å². The minimum absolute atomic E-state index is 0.0315. The summed E-state index contributed by atoms with van der Waals surface area (Å²) in [4.78, 5) is 25.9. The Morgan fingerprint density at radius 2 is 2.04 bits per heavy atom. The van der Waals surface area contributed by atoms with Crippen LogP contribution in [0.1, 0.15) is 0 Å². The number of nitrogens with one attached hydrogen (secondary N) is 1. The van der Waals surface area contributed by atoms with E-state index < -0.39 is 11.9 Å². The average molecular weight is 396 g/mol. The summed E-state index contributed by atoms with van der Waals surface area (Å²) < 4.78 is 15.9. The van der Waals surface area contributed by atoms with E-state index in [-0.39, 0.29) is 24.6 Å². The van der Waals surface area contributed by atoms with Crippen molar-refractivity contribution in [2.24, 2.45) is 0 Å². The summed E-state index contributed by atoms with van der Waals surface area (Å²) in [6.45, 7) is 0.0525. The number of fused-ring (bicyclic) bond motifs is 1. The van der Waals surface area contributed by atoms with Gasteiger partial charge >= 0.3 is 11.9 Å². The number of methoxy groups -OCH3 is 2. The van der Waals surface area contributed by atoms with Crippen molar-refractivity contribution in [3.05, 3.63) is 34.1 Å². The van der Waals surface area contributed by atoms with Crippen molar-refractivity contribution in [1.29, 1.82) is 0 Å². The summed E-state index contributed by atoms with van der Waals surface area (Å²) in [5, 5.41) is 7.76. The first-order valence-electron chi connectivity index (χ1n) is 6.95. The van der Waals surface area contributed by atoms with E-state index >= 15 is 0 Å². The fourth-order valence-electron chi connectivity index (χ4n) is 2.55. The van der Waals surface area contributed by atoms with E-state index in [0.717, 1.165) is 9.86 Å². The first-order valence-corrected chi connectivity index (χ1v) is 7.74. The van der Waals surface area contributed by atoms with Crippen LogP contribution in [0.3, 0.4) is 0 Å². The lowest BCUT2D eigenvalue weighted by atomic mass is 10.1. The van der Waals surface area contributed by atoms with Gasteiger partial charge in [-0.3, -0.25) is 5.10 Å². The highest BCUT2D eigenvalue weighted by atomic mass is 79.9. The average Bonchev–Trinajstić information content (AvgIpc) is 3.11. The second kappa shape index (κ2) is 6.62. The third-order valence-electron chi connectivity index (χ3n) is 3.66. The number of aromatic nitrogens is 2. The number of aromatic amines is 1. The van der Waals surface area contributed by atoms with Gasteiger partial charge in [0.15, 0.2) is 0 Å². The summed E-state index contributed by atoms with van der Waals surface area (Å²) >= 11 is 3.45. The summed E-state index contributed by atoms with van der Waals surface area (Å²) in [5.41, 5.74) is 1.52. The Morgan fingerprint density at radius 1 is 1.29 bits per heavy atom. The normalized spacial score (nSPS) is 14.9. The molecule has 2 heterocycles. The highest BCUT2D eigenvalue weighted by Gasteiger charge is 2.33. The number of H-pyrrole nitrogens is 1. The zero-order chi connectivity index (χ0) is 17.3. The highest BCUT2D eigenvalue weighted by molar-refractivity contribution is 9.10. The third kappa shape index (κ3) is 2.65. The predicted molar refractivity (Wildman–Crippen MR) is 88.1 cm³/mol. The van der Waals surface area contributed by atoms with E-state index in [1.54, 1.807) is 17.2 Å². The first-order chi connectivity index (χ1) is 11.6. The molecule has 0 aliphatic carbocycles. The molecule has 3 rings (SSSR count). The van der Waals surface area contributed by atoms with Crippen LogP contribution in [-0.4, -0.2) is 49.7 Å². The van der Waals surface area contributed by atoms with Crippen LogP contribution in [0.2, 0.25) is 0 Å². The van der Waals surface area contributed by atoms with Gasteiger partial charge in [-0.15, -0.1) is 0 Å². The second-order valence-electron chi connectivity index (χ2n) is 4.94. The Labute approximate surface area is 145 Å². The Bertz CT molecular complexity index is 845. The van der Waals surface area contributed by atoms with Crippen LogP contribution in [0.5, 0.6) is 0 Å². The molecule has 0 atom stereocenters. The van der Waals surface area contributed by atoms with Crippen LogP contribution in [0.4, 0.5) is 5.69 Å². The molecule has 1 aromatic heterocycles. The zero-order valence-electron chi connectivity index (χ0n) is 13.0. The fraction of sp³-hybridized carbons (Fsp3) is 0.267. The Morgan fingerprint density at radius 3 is 2.75 bits per heavy atom. The molecule has 0 amide bonds. The number of hydrogen-bond acceptors (Lipinski definition) is 7. The minimum Gasteiger partial charge on any atom is -0.466 e. The SMILES string of the molecule is COC(=O)C1=C(C(=O)OC)N(c2ccc(Br)c3cn[nH]c23)COC1. The molecule has 0 bridgehead atoms. The summed E-state index contributed by atoms with van der Waals surface area (Å²) in [6, 6.07) is 3.62. The summed E-state index contributed by atoms with van der Waals surface area (Å²) in [5.74, 6) is -1.28. The molecule has 1 aliphatic heterocycles. The molecule has 2 aromatic rings. The molecule has 8 nitrogen and oxygen atoms in total. The number of carbonyl (C=O) groups excluding carboxylic acids is 2. The van der Waals surface area contributed by atoms with Crippen molar-refractivity contribution in [2.45, 2.75) is 0 Å². The number of nitrogens with zero attached hydrogens (tertiary/aromatic N) is 2. The molecule has 1 aliphatic rings. The van der Waals surface area contributed by atoms with E-state index in [2.05, 4.69) is 26.1 Å². The van der Waals surface area contributed by atoms with Crippen LogP contribution < -0.4 is 4.90 Å². The monoisotopic (exact) mass is 395 g/mol. The van der Waals surface area contributed by atoms with Gasteiger partial charge in [-0.1, -0.05) is 15.9 Å². The lowest BCUT2D eigenvalue weighted by Crippen LogP contribution is -2.38. The van der Waals surface area contributed by atoms with Gasteiger partial charge < -0.3 is 19.1 Å². The highest BCUT2D eigenvalue weighted by Crippen LogP contribution is 2.34. The zero-order valence-corrected chi connectivity index (χ0v) is 14.5. The predicted octanol–water partition coefficient (Wildman–Crippen LogP) is 1.72. The maximum Gasteiger partial charge on any atom is 0.355 e. The molecule has 126 valence electrons. The van der Waals surface area contributed by atoms with Crippen LogP contribution >= 0.6 is 15.9 Å². The van der Waals surface area contributed by atoms with Gasteiger partial charge in [-0.25, -0.2) is 9.59 Å². The van der Waals surface area contributed by atoms with Crippen LogP contribution in [-0.2, 0) is 23.8 Å². The molecular formula is C15H14BrN3O5. The van der Waals surface area contributed by atoms with Crippen molar-refractivity contribution in [3.63, 3.8) is 0 Å². The number of benzene rings is 1. The Balaban J connectivity index is 2.20. The number of ether oxygens (including phenoxy) is 3. The van der Waals surface area contributed by atoms with E-state index in [0.29, 0.717) is 11.2 Å². The number of rotatable bonds is 3. The number of anilines is 1. The molecule has 0 radical (unpaired) electrons. The van der Waals surface area contributed by atoms with E-state index in [9.17, 15) is 9.59 Å². The maximum absolute atomic E-state index is 12.3. The lowest BCUT2D eigenvalue weighted by Gasteiger charge is -2.31. The number of esters is 2. The second-order valence-corrected chi connectivity index (χ2v) is 5.80. The number of carbonyl (C=O) groups is 2. The Kier molecular flexibility index (Phi) is 4.54. The lowest BCUT2D eigenvalue weighted by molar-refractivity contribution is -0.140. The van der Waals surface area contributed by atoms with Gasteiger partial charge in [-0.2, -0.15) is 5.10 Å². The van der Waals surface area contributed by atoms with Crippen molar-refractivity contribution in [2.75, 3.05) is 32.5 Å². The van der Waals surface area contributed by atoms with Gasteiger partial charge in [-0.05, 0) is 12.1 Å². The van der Waals surface area contributed by atoms with Crippen LogP contribution in [0, 0.1) is 0 Å². The molecule has 0 unspecified atom stereocenters. The van der Waals surface area contributed by atoms with Crippen molar-refractivity contribution in [3.8, 4) is 0 Å². The number of halogens is 1. The first kappa shape index (κ1) is 16.5. The standard InChI is InChI=1S/C15H14BrN3O5/c1-22-14(20)9-6-24-7-19(13(9)15(21)23-2)11-4-3-10(16)8-5-17-18-12(8)11/h3-5H,6-7H2,1-2H3,(H,17,18). The molecular weight excluding hydrogens is 382 g/mol. The molecule has 0 saturated carbocycles. The van der Waals surface area contributed by atoms with Gasteiger partial charge in [0.1, 0.15) is 12.4 Å². The maximum atomic E-state index is 12.3. The summed E-state index contributed by atoms with van der Waals surface area (Å²) in [6.07, 6.45) is 1.66. The van der Waals surface area contributed by atoms with Gasteiger partial charge in [0.25, 0.3) is 0 Å². The van der Waals surface area contributed by atoms with Crippen LogP contribution in [0.25, 0.3) is 10.9 Å². The van der Waals surface area contributed by atoms with Gasteiger partial charge in [0.05, 0.1) is 43.8 Å². The molecule has 9 heteroatoms. The molecule has 0 spiro atoms. The van der Waals surface area contributed by atoms with E-state index in [1.807, 2.05) is 6.07 Å². The molecule has 0 saturated heterocycles. The van der Waals surface area contributed by atoms with E-state index in [1.165, 1.54) is 14.2 Å². The quantitative estimate of drug-likeness (QED) is 0.790. The molecule has 1 aromatic carbocycles. The topological polar surface area (TPSA) is 93.8 Å². The van der Waals surface area contributed by atoms with Gasteiger partial charge in [0, 0.05) is 9.86 Å². The molecule has 1 N–H and O–H groups in total. The van der Waals surface area contributed by atoms with Gasteiger partial charge in [0.2, 0.25) is 0 Å². The minimum atomic E-state index is -0.644. The molecule has 0 fully saturated rings. The number of hydrogen-bond donors (Lipinski definition) is 1. The Hall–Kier alpha value is -2.39. The molecule has 24 heavy (non-hydrogen) atoms. The van der Waals surface area contributed by atoms with Crippen molar-refractivity contribution in [1.82, 2.24) is 10.2 Å². The fourth-order valence-corrected chi connectivity index (χ4v) is 2.98. The van der Waals surface area contributed by atoms with Crippen LogP contribution in [0.15, 0.2) is 34.1 Å². The van der Waals surface area contributed by atoms with Crippen molar-refractivity contribution < 1.29 is 23.8 Å². The largest absolute Gasteiger partial charge is 0.466 e. The smallest absolute Gasteiger partial charge is 0.355 e.